The molecule has 0 radical (unpaired) electrons. The maximum atomic E-state index is 10.8. The number of carboxylic acids is 1. The molecule has 2 atom stereocenters. The highest BCUT2D eigenvalue weighted by molar-refractivity contribution is 5.71. The van der Waals surface area contributed by atoms with Crippen LogP contribution in [-0.4, -0.2) is 24.2 Å². The van der Waals surface area contributed by atoms with Gasteiger partial charge in [-0.3, -0.25) is 4.79 Å². The van der Waals surface area contributed by atoms with Gasteiger partial charge in [-0.05, 0) is 38.1 Å². The molecule has 0 saturated carbocycles. The number of ether oxygens (including phenoxy) is 1. The van der Waals surface area contributed by atoms with Crippen LogP contribution >= 0.6 is 0 Å². The van der Waals surface area contributed by atoms with Crippen molar-refractivity contribution in [2.45, 2.75) is 19.9 Å². The lowest BCUT2D eigenvalue weighted by molar-refractivity contribution is -0.141. The van der Waals surface area contributed by atoms with E-state index in [-0.39, 0.29) is 6.04 Å². The van der Waals surface area contributed by atoms with E-state index in [2.05, 4.69) is 5.32 Å². The van der Waals surface area contributed by atoms with Crippen LogP contribution in [0.5, 0.6) is 5.75 Å². The van der Waals surface area contributed by atoms with Crippen LogP contribution in [0.25, 0.3) is 0 Å². The summed E-state index contributed by atoms with van der Waals surface area (Å²) >= 11 is 0. The lowest BCUT2D eigenvalue weighted by atomic mass is 10.0. The molecular weight excluding hydrogens is 206 g/mol. The van der Waals surface area contributed by atoms with E-state index in [4.69, 9.17) is 9.84 Å². The van der Waals surface area contributed by atoms with Crippen molar-refractivity contribution in [1.29, 1.82) is 0 Å². The summed E-state index contributed by atoms with van der Waals surface area (Å²) in [6.45, 7) is 3.53. The summed E-state index contributed by atoms with van der Waals surface area (Å²) in [5, 5.41) is 12.0. The van der Waals surface area contributed by atoms with Gasteiger partial charge in [-0.2, -0.15) is 0 Å². The van der Waals surface area contributed by atoms with Crippen LogP contribution < -0.4 is 10.1 Å². The highest BCUT2D eigenvalue weighted by Crippen LogP contribution is 2.17. The fraction of sp³-hybridized carbons (Fsp3) is 0.417. The SMILES string of the molecule is COc1ccc(NC(C)C(C)C(=O)O)cc1. The number of carbonyl (C=O) groups is 1. The molecule has 2 unspecified atom stereocenters. The largest absolute Gasteiger partial charge is 0.497 e. The topological polar surface area (TPSA) is 58.6 Å². The Balaban J connectivity index is 2.62. The predicted octanol–water partition coefficient (Wildman–Crippen LogP) is 2.22. The van der Waals surface area contributed by atoms with Crippen molar-refractivity contribution in [2.75, 3.05) is 12.4 Å². The number of carboxylic acid groups (broad SMARTS) is 1. The van der Waals surface area contributed by atoms with Crippen LogP contribution in [0.2, 0.25) is 0 Å². The van der Waals surface area contributed by atoms with Gasteiger partial charge in [-0.1, -0.05) is 0 Å². The fourth-order valence-electron chi connectivity index (χ4n) is 1.29. The summed E-state index contributed by atoms with van der Waals surface area (Å²) in [6, 6.07) is 7.28. The molecular formula is C12H17NO3. The summed E-state index contributed by atoms with van der Waals surface area (Å²) < 4.78 is 5.04. The first kappa shape index (κ1) is 12.4. The molecule has 4 heteroatoms. The van der Waals surface area contributed by atoms with Gasteiger partial charge < -0.3 is 15.2 Å². The second-order valence-corrected chi connectivity index (χ2v) is 3.79. The van der Waals surface area contributed by atoms with Gasteiger partial charge in [-0.15, -0.1) is 0 Å². The van der Waals surface area contributed by atoms with Gasteiger partial charge in [0.2, 0.25) is 0 Å². The molecule has 0 bridgehead atoms. The third-order valence-corrected chi connectivity index (χ3v) is 2.62. The standard InChI is InChI=1S/C12H17NO3/c1-8(12(14)15)9(2)13-10-4-6-11(16-3)7-5-10/h4-9,13H,1-3H3,(H,14,15). The van der Waals surface area contributed by atoms with Crippen molar-refractivity contribution >= 4 is 11.7 Å². The number of anilines is 1. The molecule has 1 rings (SSSR count). The van der Waals surface area contributed by atoms with Gasteiger partial charge >= 0.3 is 5.97 Å². The average Bonchev–Trinajstić information content (AvgIpc) is 2.28. The molecule has 0 aliphatic rings. The maximum Gasteiger partial charge on any atom is 0.308 e. The van der Waals surface area contributed by atoms with Crippen LogP contribution in [0.4, 0.5) is 5.69 Å². The van der Waals surface area contributed by atoms with Crippen molar-refractivity contribution in [2.24, 2.45) is 5.92 Å². The molecule has 1 aromatic rings. The van der Waals surface area contributed by atoms with E-state index in [1.807, 2.05) is 31.2 Å². The number of methoxy groups -OCH3 is 1. The molecule has 0 saturated heterocycles. The molecule has 0 heterocycles. The Kier molecular flexibility index (Phi) is 4.17. The van der Waals surface area contributed by atoms with E-state index in [1.54, 1.807) is 14.0 Å². The number of aliphatic carboxylic acids is 1. The molecule has 16 heavy (non-hydrogen) atoms. The highest BCUT2D eigenvalue weighted by atomic mass is 16.5. The first-order chi connectivity index (χ1) is 7.54. The van der Waals surface area contributed by atoms with Gasteiger partial charge in [-0.25, -0.2) is 0 Å². The van der Waals surface area contributed by atoms with Gasteiger partial charge in [0.25, 0.3) is 0 Å². The Bertz CT molecular complexity index is 348. The molecule has 0 fully saturated rings. The minimum absolute atomic E-state index is 0.120. The smallest absolute Gasteiger partial charge is 0.308 e. The Labute approximate surface area is 95.2 Å². The summed E-state index contributed by atoms with van der Waals surface area (Å²) in [5.74, 6) is -0.444. The van der Waals surface area contributed by atoms with Crippen molar-refractivity contribution in [3.63, 3.8) is 0 Å². The summed E-state index contributed by atoms with van der Waals surface area (Å²) in [4.78, 5) is 10.8. The van der Waals surface area contributed by atoms with E-state index < -0.39 is 11.9 Å². The Morgan fingerprint density at radius 2 is 1.88 bits per heavy atom. The van der Waals surface area contributed by atoms with Crippen LogP contribution in [-0.2, 0) is 4.79 Å². The lowest BCUT2D eigenvalue weighted by Gasteiger charge is -2.19. The van der Waals surface area contributed by atoms with Crippen LogP contribution in [0, 0.1) is 5.92 Å². The molecule has 0 aliphatic carbocycles. The molecule has 1 aromatic carbocycles. The second-order valence-electron chi connectivity index (χ2n) is 3.79. The normalized spacial score (nSPS) is 13.9. The van der Waals surface area contributed by atoms with Crippen LogP contribution in [0.3, 0.4) is 0 Å². The van der Waals surface area contributed by atoms with Crippen molar-refractivity contribution in [3.8, 4) is 5.75 Å². The minimum atomic E-state index is -0.798. The van der Waals surface area contributed by atoms with E-state index in [1.165, 1.54) is 0 Å². The molecule has 88 valence electrons. The average molecular weight is 223 g/mol. The molecule has 2 N–H and O–H groups in total. The van der Waals surface area contributed by atoms with Gasteiger partial charge in [0.1, 0.15) is 5.75 Å². The Morgan fingerprint density at radius 1 is 1.31 bits per heavy atom. The van der Waals surface area contributed by atoms with Gasteiger partial charge in [0.15, 0.2) is 0 Å². The number of rotatable bonds is 5. The van der Waals surface area contributed by atoms with E-state index in [9.17, 15) is 4.79 Å². The van der Waals surface area contributed by atoms with Crippen molar-refractivity contribution in [1.82, 2.24) is 0 Å². The quantitative estimate of drug-likeness (QED) is 0.803. The predicted molar refractivity (Wildman–Crippen MR) is 62.9 cm³/mol. The third-order valence-electron chi connectivity index (χ3n) is 2.62. The van der Waals surface area contributed by atoms with Crippen molar-refractivity contribution in [3.05, 3.63) is 24.3 Å². The first-order valence-electron chi connectivity index (χ1n) is 5.18. The minimum Gasteiger partial charge on any atom is -0.497 e. The molecule has 0 spiro atoms. The molecule has 0 aromatic heterocycles. The van der Waals surface area contributed by atoms with E-state index in [0.717, 1.165) is 11.4 Å². The monoisotopic (exact) mass is 223 g/mol. The zero-order valence-electron chi connectivity index (χ0n) is 9.73. The number of benzene rings is 1. The van der Waals surface area contributed by atoms with Crippen molar-refractivity contribution < 1.29 is 14.6 Å². The number of hydrogen-bond acceptors (Lipinski definition) is 3. The molecule has 0 amide bonds. The lowest BCUT2D eigenvalue weighted by Crippen LogP contribution is -2.29. The summed E-state index contributed by atoms with van der Waals surface area (Å²) in [6.07, 6.45) is 0. The first-order valence-corrected chi connectivity index (χ1v) is 5.18. The van der Waals surface area contributed by atoms with Gasteiger partial charge in [0, 0.05) is 11.7 Å². The van der Waals surface area contributed by atoms with E-state index >= 15 is 0 Å². The van der Waals surface area contributed by atoms with Crippen LogP contribution in [0.1, 0.15) is 13.8 Å². The second kappa shape index (κ2) is 5.39. The summed E-state index contributed by atoms with van der Waals surface area (Å²) in [5.41, 5.74) is 0.890. The van der Waals surface area contributed by atoms with E-state index in [0.29, 0.717) is 0 Å². The number of nitrogens with one attached hydrogen (secondary N) is 1. The third kappa shape index (κ3) is 3.15. The highest BCUT2D eigenvalue weighted by Gasteiger charge is 2.18. The zero-order valence-corrected chi connectivity index (χ0v) is 9.73. The van der Waals surface area contributed by atoms with Crippen LogP contribution in [0.15, 0.2) is 24.3 Å². The van der Waals surface area contributed by atoms with Gasteiger partial charge in [0.05, 0.1) is 13.0 Å². The Morgan fingerprint density at radius 3 is 2.31 bits per heavy atom. The number of hydrogen-bond donors (Lipinski definition) is 2. The summed E-state index contributed by atoms with van der Waals surface area (Å²) in [7, 11) is 1.61. The fourth-order valence-corrected chi connectivity index (χ4v) is 1.29. The molecule has 0 aliphatic heterocycles. The molecule has 4 nitrogen and oxygen atoms in total. The zero-order chi connectivity index (χ0) is 12.1. The maximum absolute atomic E-state index is 10.8. The Hall–Kier alpha value is -1.71.